The number of amides is 1. The first-order chi connectivity index (χ1) is 10.2. The van der Waals surface area contributed by atoms with Crippen LogP contribution < -0.4 is 15.8 Å². The van der Waals surface area contributed by atoms with Crippen molar-refractivity contribution in [1.82, 2.24) is 0 Å². The Labute approximate surface area is 123 Å². The average Bonchev–Trinajstić information content (AvgIpc) is 2.49. The minimum Gasteiger partial charge on any atom is -0.478 e. The van der Waals surface area contributed by atoms with Crippen molar-refractivity contribution in [3.05, 3.63) is 53.6 Å². The molecule has 1 amide bonds. The normalized spacial score (nSPS) is 16.8. The summed E-state index contributed by atoms with van der Waals surface area (Å²) in [4.78, 5) is 12.2. The molecule has 3 N–H and O–H groups in total. The Bertz CT molecular complexity index is 682. The Balaban J connectivity index is 1.84. The highest BCUT2D eigenvalue weighted by atomic mass is 16.5. The molecule has 0 radical (unpaired) electrons. The summed E-state index contributed by atoms with van der Waals surface area (Å²) >= 11 is 0. The van der Waals surface area contributed by atoms with Crippen molar-refractivity contribution in [2.45, 2.75) is 25.9 Å². The largest absolute Gasteiger partial charge is 0.478 e. The zero-order valence-corrected chi connectivity index (χ0v) is 11.9. The van der Waals surface area contributed by atoms with Crippen LogP contribution in [0.15, 0.2) is 42.5 Å². The number of rotatable bonds is 3. The first-order valence-electron chi connectivity index (χ1n) is 7.11. The molecule has 0 saturated heterocycles. The molecule has 21 heavy (non-hydrogen) atoms. The molecule has 2 aromatic carbocycles. The topological polar surface area (TPSA) is 64.3 Å². The van der Waals surface area contributed by atoms with Crippen molar-refractivity contribution >= 4 is 17.3 Å². The molecule has 1 aliphatic heterocycles. The highest BCUT2D eigenvalue weighted by molar-refractivity contribution is 5.98. The third-order valence-electron chi connectivity index (χ3n) is 3.73. The van der Waals surface area contributed by atoms with E-state index in [4.69, 9.17) is 10.5 Å². The van der Waals surface area contributed by atoms with Gasteiger partial charge in [0.25, 0.3) is 5.91 Å². The fourth-order valence-electron chi connectivity index (χ4n) is 2.60. The van der Waals surface area contributed by atoms with Crippen LogP contribution in [0, 0.1) is 0 Å². The number of hydrogen-bond acceptors (Lipinski definition) is 3. The highest BCUT2D eigenvalue weighted by Gasteiger charge is 2.28. The monoisotopic (exact) mass is 282 g/mol. The molecule has 1 heterocycles. The van der Waals surface area contributed by atoms with E-state index in [-0.39, 0.29) is 5.91 Å². The summed E-state index contributed by atoms with van der Waals surface area (Å²) in [5, 5.41) is 2.86. The molecule has 0 bridgehead atoms. The van der Waals surface area contributed by atoms with Crippen LogP contribution >= 0.6 is 0 Å². The first-order valence-corrected chi connectivity index (χ1v) is 7.11. The number of anilines is 2. The van der Waals surface area contributed by atoms with E-state index in [1.807, 2.05) is 18.2 Å². The molecule has 3 rings (SSSR count). The van der Waals surface area contributed by atoms with Gasteiger partial charge in [-0.3, -0.25) is 4.79 Å². The van der Waals surface area contributed by atoms with E-state index in [0.29, 0.717) is 23.5 Å². The van der Waals surface area contributed by atoms with E-state index >= 15 is 0 Å². The van der Waals surface area contributed by atoms with Gasteiger partial charge in [-0.25, -0.2) is 0 Å². The van der Waals surface area contributed by atoms with Crippen LogP contribution in [0.25, 0.3) is 0 Å². The van der Waals surface area contributed by atoms with Crippen LogP contribution in [-0.4, -0.2) is 12.0 Å². The summed E-state index contributed by atoms with van der Waals surface area (Å²) in [6, 6.07) is 13.4. The van der Waals surface area contributed by atoms with Crippen molar-refractivity contribution in [3.63, 3.8) is 0 Å². The highest BCUT2D eigenvalue weighted by Crippen LogP contribution is 2.32. The SMILES string of the molecule is CCc1ccccc1CC1Oc2ccc(N)cc2NC1=O. The number of benzene rings is 2. The summed E-state index contributed by atoms with van der Waals surface area (Å²) in [5.74, 6) is 0.543. The lowest BCUT2D eigenvalue weighted by Crippen LogP contribution is -2.38. The van der Waals surface area contributed by atoms with Gasteiger partial charge in [-0.05, 0) is 35.7 Å². The smallest absolute Gasteiger partial charge is 0.265 e. The van der Waals surface area contributed by atoms with Gasteiger partial charge in [-0.15, -0.1) is 0 Å². The van der Waals surface area contributed by atoms with Gasteiger partial charge >= 0.3 is 0 Å². The number of nitrogens with two attached hydrogens (primary N) is 1. The molecule has 0 aromatic heterocycles. The third kappa shape index (κ3) is 2.70. The predicted molar refractivity (Wildman–Crippen MR) is 83.4 cm³/mol. The van der Waals surface area contributed by atoms with Crippen molar-refractivity contribution in [2.75, 3.05) is 11.1 Å². The number of hydrogen-bond donors (Lipinski definition) is 2. The maximum atomic E-state index is 12.2. The van der Waals surface area contributed by atoms with Crippen molar-refractivity contribution in [3.8, 4) is 5.75 Å². The molecule has 1 aliphatic rings. The first kappa shape index (κ1) is 13.5. The van der Waals surface area contributed by atoms with Gasteiger partial charge in [-0.2, -0.15) is 0 Å². The lowest BCUT2D eigenvalue weighted by atomic mass is 9.99. The molecule has 0 fully saturated rings. The summed E-state index contributed by atoms with van der Waals surface area (Å²) in [6.07, 6.45) is 1.01. The van der Waals surface area contributed by atoms with Gasteiger partial charge in [0.1, 0.15) is 5.75 Å². The Morgan fingerprint density at radius 3 is 2.71 bits per heavy atom. The van der Waals surface area contributed by atoms with Crippen LogP contribution in [0.4, 0.5) is 11.4 Å². The van der Waals surface area contributed by atoms with Gasteiger partial charge < -0.3 is 15.8 Å². The minimum absolute atomic E-state index is 0.126. The summed E-state index contributed by atoms with van der Waals surface area (Å²) in [7, 11) is 0. The summed E-state index contributed by atoms with van der Waals surface area (Å²) < 4.78 is 5.84. The molecule has 0 spiro atoms. The fraction of sp³-hybridized carbons (Fsp3) is 0.235. The molecule has 0 aliphatic carbocycles. The maximum Gasteiger partial charge on any atom is 0.265 e. The Morgan fingerprint density at radius 2 is 1.95 bits per heavy atom. The van der Waals surface area contributed by atoms with E-state index in [0.717, 1.165) is 12.0 Å². The van der Waals surface area contributed by atoms with E-state index < -0.39 is 6.10 Å². The number of ether oxygens (including phenoxy) is 1. The van der Waals surface area contributed by atoms with E-state index in [9.17, 15) is 4.79 Å². The second kappa shape index (κ2) is 5.48. The maximum absolute atomic E-state index is 12.2. The van der Waals surface area contributed by atoms with Gasteiger partial charge in [0.2, 0.25) is 0 Å². The fourth-order valence-corrected chi connectivity index (χ4v) is 2.60. The average molecular weight is 282 g/mol. The van der Waals surface area contributed by atoms with Gasteiger partial charge in [0.05, 0.1) is 5.69 Å². The molecule has 4 nitrogen and oxygen atoms in total. The molecule has 0 saturated carbocycles. The number of fused-ring (bicyclic) bond motifs is 1. The third-order valence-corrected chi connectivity index (χ3v) is 3.73. The predicted octanol–water partition coefficient (Wildman–Crippen LogP) is 2.77. The standard InChI is InChI=1S/C17H18N2O2/c1-2-11-5-3-4-6-12(11)9-16-17(20)19-14-10-13(18)7-8-15(14)21-16/h3-8,10,16H,2,9,18H2,1H3,(H,19,20). The van der Waals surface area contributed by atoms with E-state index in [1.165, 1.54) is 5.56 Å². The number of nitrogen functional groups attached to an aromatic ring is 1. The number of carbonyl (C=O) groups excluding carboxylic acids is 1. The van der Waals surface area contributed by atoms with Crippen LogP contribution in [0.2, 0.25) is 0 Å². The molecule has 4 heteroatoms. The van der Waals surface area contributed by atoms with Gasteiger partial charge in [0, 0.05) is 12.1 Å². The van der Waals surface area contributed by atoms with Crippen molar-refractivity contribution < 1.29 is 9.53 Å². The number of carbonyl (C=O) groups is 1. The zero-order valence-electron chi connectivity index (χ0n) is 11.9. The van der Waals surface area contributed by atoms with Gasteiger partial charge in [0.15, 0.2) is 6.10 Å². The zero-order chi connectivity index (χ0) is 14.8. The van der Waals surface area contributed by atoms with Crippen LogP contribution in [0.1, 0.15) is 18.1 Å². The van der Waals surface area contributed by atoms with Crippen molar-refractivity contribution in [1.29, 1.82) is 0 Å². The summed E-state index contributed by atoms with van der Waals surface area (Å²) in [6.45, 7) is 2.11. The lowest BCUT2D eigenvalue weighted by Gasteiger charge is -2.26. The lowest BCUT2D eigenvalue weighted by molar-refractivity contribution is -0.123. The van der Waals surface area contributed by atoms with E-state index in [1.54, 1.807) is 18.2 Å². The van der Waals surface area contributed by atoms with E-state index in [2.05, 4.69) is 18.3 Å². The van der Waals surface area contributed by atoms with Crippen LogP contribution in [0.3, 0.4) is 0 Å². The Morgan fingerprint density at radius 1 is 1.19 bits per heavy atom. The molecule has 1 unspecified atom stereocenters. The molecule has 2 aromatic rings. The second-order valence-electron chi connectivity index (χ2n) is 5.18. The van der Waals surface area contributed by atoms with Crippen molar-refractivity contribution in [2.24, 2.45) is 0 Å². The minimum atomic E-state index is -0.506. The quantitative estimate of drug-likeness (QED) is 0.851. The summed E-state index contributed by atoms with van der Waals surface area (Å²) in [5.41, 5.74) is 9.36. The Hall–Kier alpha value is -2.49. The number of nitrogens with one attached hydrogen (secondary N) is 1. The second-order valence-corrected chi connectivity index (χ2v) is 5.18. The van der Waals surface area contributed by atoms with Crippen LogP contribution in [0.5, 0.6) is 5.75 Å². The molecule has 108 valence electrons. The number of aryl methyl sites for hydroxylation is 1. The Kier molecular flexibility index (Phi) is 3.52. The molecule has 1 atom stereocenters. The molecular weight excluding hydrogens is 264 g/mol. The van der Waals surface area contributed by atoms with Crippen LogP contribution in [-0.2, 0) is 17.6 Å². The molecular formula is C17H18N2O2. The van der Waals surface area contributed by atoms with Gasteiger partial charge in [-0.1, -0.05) is 31.2 Å².